The summed E-state index contributed by atoms with van der Waals surface area (Å²) in [4.78, 5) is 12.4. The summed E-state index contributed by atoms with van der Waals surface area (Å²) in [7, 11) is 0. The first-order valence-electron chi connectivity index (χ1n) is 6.45. The van der Waals surface area contributed by atoms with Crippen molar-refractivity contribution in [2.24, 2.45) is 0 Å². The van der Waals surface area contributed by atoms with Gasteiger partial charge in [0.2, 0.25) is 0 Å². The van der Waals surface area contributed by atoms with Crippen molar-refractivity contribution in [3.05, 3.63) is 39.9 Å². The van der Waals surface area contributed by atoms with Gasteiger partial charge >= 0.3 is 0 Å². The highest BCUT2D eigenvalue weighted by Crippen LogP contribution is 2.25. The molecule has 0 bridgehead atoms. The van der Waals surface area contributed by atoms with Gasteiger partial charge in [-0.2, -0.15) is 5.26 Å². The number of nitriles is 1. The smallest absolute Gasteiger partial charge is 0.269 e. The van der Waals surface area contributed by atoms with Gasteiger partial charge in [-0.25, -0.2) is 0 Å². The number of nitro groups is 1. The summed E-state index contributed by atoms with van der Waals surface area (Å²) >= 11 is 0. The molecule has 19 heavy (non-hydrogen) atoms. The van der Waals surface area contributed by atoms with Gasteiger partial charge in [0.25, 0.3) is 5.69 Å². The van der Waals surface area contributed by atoms with Gasteiger partial charge < -0.3 is 0 Å². The minimum absolute atomic E-state index is 0.0867. The van der Waals surface area contributed by atoms with Crippen molar-refractivity contribution in [3.8, 4) is 6.07 Å². The lowest BCUT2D eigenvalue weighted by Crippen LogP contribution is -2.45. The molecule has 0 saturated carbocycles. The van der Waals surface area contributed by atoms with E-state index in [-0.39, 0.29) is 5.69 Å². The molecule has 1 unspecified atom stereocenters. The maximum absolute atomic E-state index is 10.6. The summed E-state index contributed by atoms with van der Waals surface area (Å²) in [5.41, 5.74) is 0.525. The van der Waals surface area contributed by atoms with Gasteiger partial charge in [-0.1, -0.05) is 12.1 Å². The van der Waals surface area contributed by atoms with Gasteiger partial charge in [0, 0.05) is 18.6 Å². The van der Waals surface area contributed by atoms with Crippen LogP contribution < -0.4 is 0 Å². The van der Waals surface area contributed by atoms with E-state index < -0.39 is 10.5 Å². The largest absolute Gasteiger partial charge is 0.285 e. The molecule has 0 amide bonds. The number of rotatable bonds is 4. The van der Waals surface area contributed by atoms with Crippen LogP contribution in [0.5, 0.6) is 0 Å². The van der Waals surface area contributed by atoms with Crippen molar-refractivity contribution < 1.29 is 4.92 Å². The summed E-state index contributed by atoms with van der Waals surface area (Å²) in [6, 6.07) is 8.87. The Labute approximate surface area is 112 Å². The summed E-state index contributed by atoms with van der Waals surface area (Å²) < 4.78 is 0. The van der Waals surface area contributed by atoms with E-state index in [0.717, 1.165) is 31.5 Å². The predicted octanol–water partition coefficient (Wildman–Crippen LogP) is 2.52. The Kier molecular flexibility index (Phi) is 3.82. The van der Waals surface area contributed by atoms with Crippen LogP contribution in [-0.2, 0) is 6.42 Å². The van der Waals surface area contributed by atoms with Gasteiger partial charge in [0.1, 0.15) is 5.54 Å². The van der Waals surface area contributed by atoms with E-state index in [1.54, 1.807) is 12.1 Å². The highest BCUT2D eigenvalue weighted by molar-refractivity contribution is 5.34. The molecule has 5 heteroatoms. The monoisotopic (exact) mass is 259 g/mol. The van der Waals surface area contributed by atoms with E-state index in [0.29, 0.717) is 6.42 Å². The first-order valence-corrected chi connectivity index (χ1v) is 6.45. The summed E-state index contributed by atoms with van der Waals surface area (Å²) in [5.74, 6) is 0. The molecule has 1 atom stereocenters. The third kappa shape index (κ3) is 2.91. The SMILES string of the molecule is CC(C#N)(Cc1ccc([N+](=O)[O-])cc1)N1CCCC1. The number of benzene rings is 1. The molecule has 1 aliphatic heterocycles. The quantitative estimate of drug-likeness (QED) is 0.615. The second kappa shape index (κ2) is 5.37. The maximum atomic E-state index is 10.6. The molecule has 1 saturated heterocycles. The van der Waals surface area contributed by atoms with Crippen LogP contribution in [0.2, 0.25) is 0 Å². The molecule has 0 radical (unpaired) electrons. The van der Waals surface area contributed by atoms with Crippen LogP contribution in [0.25, 0.3) is 0 Å². The van der Waals surface area contributed by atoms with Crippen molar-refractivity contribution in [3.63, 3.8) is 0 Å². The summed E-state index contributed by atoms with van der Waals surface area (Å²) in [6.45, 7) is 3.85. The second-order valence-electron chi connectivity index (χ2n) is 5.18. The first-order chi connectivity index (χ1) is 9.05. The zero-order valence-corrected chi connectivity index (χ0v) is 11.0. The Morgan fingerprint density at radius 3 is 2.42 bits per heavy atom. The molecular formula is C14H17N3O2. The Balaban J connectivity index is 2.14. The fourth-order valence-electron chi connectivity index (χ4n) is 2.57. The van der Waals surface area contributed by atoms with Crippen LogP contribution in [0.1, 0.15) is 25.3 Å². The van der Waals surface area contributed by atoms with E-state index in [1.807, 2.05) is 6.92 Å². The van der Waals surface area contributed by atoms with Crippen LogP contribution in [0.3, 0.4) is 0 Å². The average Bonchev–Trinajstić information content (AvgIpc) is 2.93. The lowest BCUT2D eigenvalue weighted by molar-refractivity contribution is -0.384. The molecule has 1 heterocycles. The molecule has 100 valence electrons. The second-order valence-corrected chi connectivity index (χ2v) is 5.18. The van der Waals surface area contributed by atoms with Crippen molar-refractivity contribution >= 4 is 5.69 Å². The van der Waals surface area contributed by atoms with Gasteiger partial charge in [-0.15, -0.1) is 0 Å². The van der Waals surface area contributed by atoms with Crippen LogP contribution in [0, 0.1) is 21.4 Å². The van der Waals surface area contributed by atoms with Crippen molar-refractivity contribution in [1.29, 1.82) is 5.26 Å². The van der Waals surface area contributed by atoms with E-state index in [1.165, 1.54) is 12.1 Å². The minimum atomic E-state index is -0.521. The highest BCUT2D eigenvalue weighted by atomic mass is 16.6. The van der Waals surface area contributed by atoms with Crippen LogP contribution in [-0.4, -0.2) is 28.5 Å². The Morgan fingerprint density at radius 2 is 1.95 bits per heavy atom. The number of nitrogens with zero attached hydrogens (tertiary/aromatic N) is 3. The molecule has 0 aliphatic carbocycles. The fraction of sp³-hybridized carbons (Fsp3) is 0.500. The van der Waals surface area contributed by atoms with Crippen LogP contribution in [0.4, 0.5) is 5.69 Å². The number of nitro benzene ring substituents is 1. The molecule has 1 aromatic carbocycles. The first kappa shape index (κ1) is 13.5. The molecule has 0 N–H and O–H groups in total. The third-order valence-electron chi connectivity index (χ3n) is 3.74. The number of likely N-dealkylation sites (tertiary alicyclic amines) is 1. The normalized spacial score (nSPS) is 18.7. The molecular weight excluding hydrogens is 242 g/mol. The maximum Gasteiger partial charge on any atom is 0.269 e. The molecule has 1 aliphatic rings. The zero-order valence-electron chi connectivity index (χ0n) is 11.0. The lowest BCUT2D eigenvalue weighted by atomic mass is 9.92. The van der Waals surface area contributed by atoms with Crippen molar-refractivity contribution in [1.82, 2.24) is 4.90 Å². The number of non-ortho nitro benzene ring substituents is 1. The Hall–Kier alpha value is -1.93. The molecule has 2 rings (SSSR count). The predicted molar refractivity (Wildman–Crippen MR) is 71.6 cm³/mol. The summed E-state index contributed by atoms with van der Waals surface area (Å²) in [5, 5.41) is 20.1. The van der Waals surface area contributed by atoms with Crippen molar-refractivity contribution in [2.75, 3.05) is 13.1 Å². The Morgan fingerprint density at radius 1 is 1.37 bits per heavy atom. The minimum Gasteiger partial charge on any atom is -0.285 e. The van der Waals surface area contributed by atoms with Crippen LogP contribution >= 0.6 is 0 Å². The van der Waals surface area contributed by atoms with E-state index in [2.05, 4.69) is 11.0 Å². The third-order valence-corrected chi connectivity index (χ3v) is 3.74. The van der Waals surface area contributed by atoms with Gasteiger partial charge in [-0.05, 0) is 38.4 Å². The van der Waals surface area contributed by atoms with Crippen LogP contribution in [0.15, 0.2) is 24.3 Å². The standard InChI is InChI=1S/C14H17N3O2/c1-14(11-15,16-8-2-3-9-16)10-12-4-6-13(7-5-12)17(18)19/h4-7H,2-3,8-10H2,1H3. The van der Waals surface area contributed by atoms with Gasteiger partial charge in [0.15, 0.2) is 0 Å². The van der Waals surface area contributed by atoms with E-state index in [9.17, 15) is 15.4 Å². The number of hydrogen-bond acceptors (Lipinski definition) is 4. The zero-order chi connectivity index (χ0) is 13.9. The fourth-order valence-corrected chi connectivity index (χ4v) is 2.57. The molecule has 1 aromatic rings. The molecule has 1 fully saturated rings. The topological polar surface area (TPSA) is 70.2 Å². The van der Waals surface area contributed by atoms with Gasteiger partial charge in [0.05, 0.1) is 11.0 Å². The molecule has 0 aromatic heterocycles. The number of hydrogen-bond donors (Lipinski definition) is 0. The molecule has 5 nitrogen and oxygen atoms in total. The molecule has 0 spiro atoms. The lowest BCUT2D eigenvalue weighted by Gasteiger charge is -2.32. The average molecular weight is 259 g/mol. The van der Waals surface area contributed by atoms with Crippen molar-refractivity contribution in [2.45, 2.75) is 31.7 Å². The summed E-state index contributed by atoms with van der Waals surface area (Å²) in [6.07, 6.45) is 2.87. The highest BCUT2D eigenvalue weighted by Gasteiger charge is 2.33. The van der Waals surface area contributed by atoms with E-state index >= 15 is 0 Å². The van der Waals surface area contributed by atoms with E-state index in [4.69, 9.17) is 0 Å². The Bertz CT molecular complexity index is 500. The van der Waals surface area contributed by atoms with Gasteiger partial charge in [-0.3, -0.25) is 15.0 Å².